The van der Waals surface area contributed by atoms with E-state index in [0.29, 0.717) is 35.6 Å². The Morgan fingerprint density at radius 2 is 1.83 bits per heavy atom. The fourth-order valence-electron chi connectivity index (χ4n) is 2.23. The van der Waals surface area contributed by atoms with Crippen LogP contribution >= 0.6 is 23.2 Å². The van der Waals surface area contributed by atoms with Gasteiger partial charge in [0.1, 0.15) is 13.2 Å². The number of carbonyl (C=O) groups is 1. The first kappa shape index (κ1) is 16.7. The maximum atomic E-state index is 11.9. The van der Waals surface area contributed by atoms with Gasteiger partial charge >= 0.3 is 0 Å². The molecule has 1 aliphatic rings. The molecule has 3 rings (SSSR count). The van der Waals surface area contributed by atoms with Gasteiger partial charge in [-0.3, -0.25) is 4.79 Å². The lowest BCUT2D eigenvalue weighted by atomic mass is 10.2. The summed E-state index contributed by atoms with van der Waals surface area (Å²) in [5.74, 6) is 1.24. The van der Waals surface area contributed by atoms with Gasteiger partial charge in [-0.2, -0.15) is 0 Å². The van der Waals surface area contributed by atoms with Gasteiger partial charge in [-0.05, 0) is 41.5 Å². The average molecular weight is 364 g/mol. The molecule has 6 heteroatoms. The molecular formula is C18H15Cl2NO3. The Kier molecular flexibility index (Phi) is 5.28. The Morgan fingerprint density at radius 1 is 1.04 bits per heavy atom. The van der Waals surface area contributed by atoms with Gasteiger partial charge in [0.2, 0.25) is 5.91 Å². The summed E-state index contributed by atoms with van der Waals surface area (Å²) >= 11 is 11.8. The minimum absolute atomic E-state index is 0.198. The van der Waals surface area contributed by atoms with Gasteiger partial charge in [0, 0.05) is 12.6 Å². The van der Waals surface area contributed by atoms with E-state index in [0.717, 1.165) is 16.9 Å². The normalized spacial score (nSPS) is 13.1. The molecule has 0 fully saturated rings. The molecule has 0 spiro atoms. The lowest BCUT2D eigenvalue weighted by Crippen LogP contribution is -2.20. The molecule has 0 saturated heterocycles. The van der Waals surface area contributed by atoms with Crippen LogP contribution in [0.2, 0.25) is 10.0 Å². The van der Waals surface area contributed by atoms with Crippen LogP contribution in [0.4, 0.5) is 0 Å². The first-order chi connectivity index (χ1) is 11.6. The number of carbonyl (C=O) groups excluding carboxylic acids is 1. The quantitative estimate of drug-likeness (QED) is 0.832. The molecule has 1 aliphatic heterocycles. The zero-order valence-corrected chi connectivity index (χ0v) is 14.2. The molecule has 0 unspecified atom stereocenters. The van der Waals surface area contributed by atoms with Crippen LogP contribution in [0.25, 0.3) is 6.08 Å². The van der Waals surface area contributed by atoms with Gasteiger partial charge in [-0.1, -0.05) is 35.3 Å². The third-order valence-corrected chi connectivity index (χ3v) is 4.18. The van der Waals surface area contributed by atoms with E-state index in [2.05, 4.69) is 5.32 Å². The summed E-state index contributed by atoms with van der Waals surface area (Å²) in [6, 6.07) is 10.8. The largest absolute Gasteiger partial charge is 0.486 e. The number of nitrogens with one attached hydrogen (secondary N) is 1. The zero-order chi connectivity index (χ0) is 16.9. The van der Waals surface area contributed by atoms with Gasteiger partial charge in [0.25, 0.3) is 0 Å². The van der Waals surface area contributed by atoms with Gasteiger partial charge < -0.3 is 14.8 Å². The smallest absolute Gasteiger partial charge is 0.244 e. The molecular weight excluding hydrogens is 349 g/mol. The van der Waals surface area contributed by atoms with Crippen molar-refractivity contribution in [2.24, 2.45) is 0 Å². The van der Waals surface area contributed by atoms with Crippen LogP contribution < -0.4 is 14.8 Å². The highest BCUT2D eigenvalue weighted by atomic mass is 35.5. The lowest BCUT2D eigenvalue weighted by Gasteiger charge is -2.18. The van der Waals surface area contributed by atoms with Gasteiger partial charge in [0.15, 0.2) is 11.5 Å². The molecule has 1 amide bonds. The van der Waals surface area contributed by atoms with Crippen molar-refractivity contribution in [3.05, 3.63) is 63.6 Å². The third kappa shape index (κ3) is 4.22. The number of amides is 1. The Balaban J connectivity index is 1.57. The molecule has 2 aromatic rings. The van der Waals surface area contributed by atoms with Gasteiger partial charge in [-0.25, -0.2) is 0 Å². The summed E-state index contributed by atoms with van der Waals surface area (Å²) in [7, 11) is 0. The molecule has 24 heavy (non-hydrogen) atoms. The highest BCUT2D eigenvalue weighted by Crippen LogP contribution is 2.30. The van der Waals surface area contributed by atoms with Crippen molar-refractivity contribution in [2.75, 3.05) is 13.2 Å². The summed E-state index contributed by atoms with van der Waals surface area (Å²) in [6.07, 6.45) is 3.14. The highest BCUT2D eigenvalue weighted by Gasteiger charge is 2.11. The Hall–Kier alpha value is -2.17. The summed E-state index contributed by atoms with van der Waals surface area (Å²) in [5, 5.41) is 3.76. The van der Waals surface area contributed by atoms with Crippen LogP contribution in [0.15, 0.2) is 42.5 Å². The number of fused-ring (bicyclic) bond motifs is 1. The summed E-state index contributed by atoms with van der Waals surface area (Å²) in [5.41, 5.74) is 1.74. The lowest BCUT2D eigenvalue weighted by molar-refractivity contribution is -0.116. The molecule has 124 valence electrons. The second-order valence-electron chi connectivity index (χ2n) is 5.20. The van der Waals surface area contributed by atoms with E-state index < -0.39 is 0 Å². The van der Waals surface area contributed by atoms with Crippen molar-refractivity contribution in [3.8, 4) is 11.5 Å². The fourth-order valence-corrected chi connectivity index (χ4v) is 2.54. The molecule has 0 bridgehead atoms. The molecule has 0 aromatic heterocycles. The Morgan fingerprint density at radius 3 is 2.62 bits per heavy atom. The van der Waals surface area contributed by atoms with E-state index in [1.807, 2.05) is 18.2 Å². The number of halogens is 2. The second kappa shape index (κ2) is 7.60. The van der Waals surface area contributed by atoms with E-state index >= 15 is 0 Å². The Labute approximate surface area is 150 Å². The minimum Gasteiger partial charge on any atom is -0.486 e. The van der Waals surface area contributed by atoms with E-state index in [1.54, 1.807) is 24.3 Å². The number of ether oxygens (including phenoxy) is 2. The fraction of sp³-hybridized carbons (Fsp3) is 0.167. The molecule has 1 N–H and O–H groups in total. The highest BCUT2D eigenvalue weighted by molar-refractivity contribution is 6.42. The number of hydrogen-bond donors (Lipinski definition) is 1. The van der Waals surface area contributed by atoms with Crippen LogP contribution in [-0.2, 0) is 11.3 Å². The van der Waals surface area contributed by atoms with Crippen molar-refractivity contribution >= 4 is 35.2 Å². The SMILES string of the molecule is O=C(/C=C/c1ccc(Cl)c(Cl)c1)NCc1ccc2c(c1)OCCO2. The van der Waals surface area contributed by atoms with Crippen molar-refractivity contribution in [1.29, 1.82) is 0 Å². The van der Waals surface area contributed by atoms with E-state index in [4.69, 9.17) is 32.7 Å². The van der Waals surface area contributed by atoms with Crippen LogP contribution in [0.3, 0.4) is 0 Å². The Bertz CT molecular complexity index is 790. The van der Waals surface area contributed by atoms with E-state index in [-0.39, 0.29) is 5.91 Å². The summed E-state index contributed by atoms with van der Waals surface area (Å²) in [4.78, 5) is 11.9. The van der Waals surface area contributed by atoms with Crippen molar-refractivity contribution in [3.63, 3.8) is 0 Å². The molecule has 1 heterocycles. The van der Waals surface area contributed by atoms with Crippen LogP contribution in [-0.4, -0.2) is 19.1 Å². The van der Waals surface area contributed by atoms with Crippen LogP contribution in [0.1, 0.15) is 11.1 Å². The maximum Gasteiger partial charge on any atom is 0.244 e. The molecule has 0 saturated carbocycles. The topological polar surface area (TPSA) is 47.6 Å². The monoisotopic (exact) mass is 363 g/mol. The predicted molar refractivity (Wildman–Crippen MR) is 94.8 cm³/mol. The maximum absolute atomic E-state index is 11.9. The van der Waals surface area contributed by atoms with Gasteiger partial charge in [-0.15, -0.1) is 0 Å². The van der Waals surface area contributed by atoms with E-state index in [1.165, 1.54) is 6.08 Å². The number of benzene rings is 2. The molecule has 0 atom stereocenters. The number of hydrogen-bond acceptors (Lipinski definition) is 3. The van der Waals surface area contributed by atoms with Crippen molar-refractivity contribution in [2.45, 2.75) is 6.54 Å². The second-order valence-corrected chi connectivity index (χ2v) is 6.02. The predicted octanol–water partition coefficient (Wildman–Crippen LogP) is 4.09. The zero-order valence-electron chi connectivity index (χ0n) is 12.7. The van der Waals surface area contributed by atoms with Crippen LogP contribution in [0, 0.1) is 0 Å². The van der Waals surface area contributed by atoms with Crippen molar-refractivity contribution < 1.29 is 14.3 Å². The molecule has 4 nitrogen and oxygen atoms in total. The third-order valence-electron chi connectivity index (χ3n) is 3.44. The minimum atomic E-state index is -0.198. The first-order valence-electron chi connectivity index (χ1n) is 7.41. The number of rotatable bonds is 4. The molecule has 0 radical (unpaired) electrons. The summed E-state index contributed by atoms with van der Waals surface area (Å²) < 4.78 is 11.0. The molecule has 0 aliphatic carbocycles. The van der Waals surface area contributed by atoms with E-state index in [9.17, 15) is 4.79 Å². The van der Waals surface area contributed by atoms with Crippen molar-refractivity contribution in [1.82, 2.24) is 5.32 Å². The van der Waals surface area contributed by atoms with Gasteiger partial charge in [0.05, 0.1) is 10.0 Å². The standard InChI is InChI=1S/C18H15Cl2NO3/c19-14-4-1-12(9-15(14)20)3-6-18(22)21-11-13-2-5-16-17(10-13)24-8-7-23-16/h1-6,9-10H,7-8,11H2,(H,21,22)/b6-3+. The first-order valence-corrected chi connectivity index (χ1v) is 8.17. The summed E-state index contributed by atoms with van der Waals surface area (Å²) in [6.45, 7) is 1.50. The molecule has 2 aromatic carbocycles. The average Bonchev–Trinajstić information content (AvgIpc) is 2.60. The van der Waals surface area contributed by atoms with Crippen LogP contribution in [0.5, 0.6) is 11.5 Å².